The highest BCUT2D eigenvalue weighted by molar-refractivity contribution is 8.00. The molecule has 0 spiro atoms. The lowest BCUT2D eigenvalue weighted by Crippen LogP contribution is -2.16. The standard InChI is InChI=1S/C22H14ClN3O5S2/c23-17-4-2-1-3-12(17)11-32-22-25-18-8-5-13(9-19(18)33-22)24-20(27)15-7-6-14(26(30)31)10-16(15)21(28)29/h1-10H,11H2,(H,24,27)(H,28,29). The third-order valence-corrected chi connectivity index (χ3v) is 7.20. The predicted molar refractivity (Wildman–Crippen MR) is 129 cm³/mol. The van der Waals surface area contributed by atoms with E-state index in [0.29, 0.717) is 16.5 Å². The van der Waals surface area contributed by atoms with Crippen LogP contribution in [0.1, 0.15) is 26.3 Å². The second kappa shape index (κ2) is 9.57. The van der Waals surface area contributed by atoms with Crippen molar-refractivity contribution in [1.29, 1.82) is 0 Å². The molecular formula is C22H14ClN3O5S2. The number of carbonyl (C=O) groups excluding carboxylic acids is 1. The van der Waals surface area contributed by atoms with Crippen molar-refractivity contribution in [2.45, 2.75) is 10.1 Å². The minimum Gasteiger partial charge on any atom is -0.478 e. The molecule has 4 rings (SSSR count). The van der Waals surface area contributed by atoms with E-state index in [0.717, 1.165) is 38.3 Å². The molecule has 3 aromatic carbocycles. The van der Waals surface area contributed by atoms with Crippen molar-refractivity contribution in [1.82, 2.24) is 4.98 Å². The third kappa shape index (κ3) is 5.14. The van der Waals surface area contributed by atoms with E-state index >= 15 is 0 Å². The van der Waals surface area contributed by atoms with Crippen LogP contribution in [0.15, 0.2) is 65.0 Å². The van der Waals surface area contributed by atoms with Gasteiger partial charge in [-0.15, -0.1) is 11.3 Å². The highest BCUT2D eigenvalue weighted by Gasteiger charge is 2.21. The zero-order valence-corrected chi connectivity index (χ0v) is 19.0. The number of aromatic carboxylic acids is 1. The lowest BCUT2D eigenvalue weighted by molar-refractivity contribution is -0.384. The van der Waals surface area contributed by atoms with Crippen molar-refractivity contribution in [2.24, 2.45) is 0 Å². The summed E-state index contributed by atoms with van der Waals surface area (Å²) in [5.74, 6) is -1.44. The summed E-state index contributed by atoms with van der Waals surface area (Å²) in [6.07, 6.45) is 0. The molecule has 0 saturated heterocycles. The fraction of sp³-hybridized carbons (Fsp3) is 0.0455. The van der Waals surface area contributed by atoms with Crippen LogP contribution in [0.2, 0.25) is 5.02 Å². The number of nitrogens with zero attached hydrogens (tertiary/aromatic N) is 2. The van der Waals surface area contributed by atoms with Gasteiger partial charge in [-0.25, -0.2) is 9.78 Å². The number of anilines is 1. The quantitative estimate of drug-likeness (QED) is 0.179. The fourth-order valence-corrected chi connectivity index (χ4v) is 5.41. The van der Waals surface area contributed by atoms with Crippen LogP contribution < -0.4 is 5.32 Å². The summed E-state index contributed by atoms with van der Waals surface area (Å²) >= 11 is 9.22. The number of carboxylic acid groups (broad SMARTS) is 1. The Morgan fingerprint density at radius 1 is 1.12 bits per heavy atom. The molecule has 0 bridgehead atoms. The topological polar surface area (TPSA) is 122 Å². The number of hydrogen-bond acceptors (Lipinski definition) is 7. The number of aromatic nitrogens is 1. The van der Waals surface area contributed by atoms with E-state index in [4.69, 9.17) is 11.6 Å². The number of hydrogen-bond donors (Lipinski definition) is 2. The highest BCUT2D eigenvalue weighted by Crippen LogP contribution is 2.34. The second-order valence-corrected chi connectivity index (χ2v) is 9.45. The van der Waals surface area contributed by atoms with Crippen LogP contribution in [0.5, 0.6) is 0 Å². The largest absolute Gasteiger partial charge is 0.478 e. The molecule has 0 atom stereocenters. The average molecular weight is 500 g/mol. The summed E-state index contributed by atoms with van der Waals surface area (Å²) in [5.41, 5.74) is 1.20. The molecule has 8 nitrogen and oxygen atoms in total. The number of fused-ring (bicyclic) bond motifs is 1. The molecule has 33 heavy (non-hydrogen) atoms. The summed E-state index contributed by atoms with van der Waals surface area (Å²) in [5, 5.41) is 23.6. The Morgan fingerprint density at radius 3 is 2.64 bits per heavy atom. The zero-order valence-electron chi connectivity index (χ0n) is 16.6. The van der Waals surface area contributed by atoms with Crippen LogP contribution in [0.3, 0.4) is 0 Å². The fourth-order valence-electron chi connectivity index (χ4n) is 3.02. The molecule has 0 saturated carbocycles. The van der Waals surface area contributed by atoms with Gasteiger partial charge in [-0.2, -0.15) is 0 Å². The number of non-ortho nitro benzene ring substituents is 1. The summed E-state index contributed by atoms with van der Waals surface area (Å²) in [6, 6.07) is 15.9. The Kier molecular flexibility index (Phi) is 6.59. The van der Waals surface area contributed by atoms with Crippen LogP contribution >= 0.6 is 34.7 Å². The minimum atomic E-state index is -1.43. The third-order valence-electron chi connectivity index (χ3n) is 4.62. The normalized spacial score (nSPS) is 10.8. The molecular weight excluding hydrogens is 486 g/mol. The average Bonchev–Trinajstić information content (AvgIpc) is 3.20. The van der Waals surface area contributed by atoms with Crippen LogP contribution in [0, 0.1) is 10.1 Å². The number of benzene rings is 3. The number of amides is 1. The first-order valence-electron chi connectivity index (χ1n) is 9.41. The molecule has 0 aliphatic heterocycles. The van der Waals surface area contributed by atoms with Gasteiger partial charge in [0.15, 0.2) is 4.34 Å². The Hall–Kier alpha value is -3.47. The maximum atomic E-state index is 12.7. The van der Waals surface area contributed by atoms with Crippen molar-refractivity contribution in [3.8, 4) is 0 Å². The van der Waals surface area contributed by atoms with E-state index in [2.05, 4.69) is 10.3 Å². The van der Waals surface area contributed by atoms with Crippen molar-refractivity contribution in [3.63, 3.8) is 0 Å². The number of rotatable bonds is 7. The number of carbonyl (C=O) groups is 2. The molecule has 0 fully saturated rings. The van der Waals surface area contributed by atoms with Crippen molar-refractivity contribution < 1.29 is 19.6 Å². The van der Waals surface area contributed by atoms with E-state index in [1.54, 1.807) is 30.0 Å². The molecule has 0 unspecified atom stereocenters. The SMILES string of the molecule is O=C(O)c1cc([N+](=O)[O-])ccc1C(=O)Nc1ccc2nc(SCc3ccccc3Cl)sc2c1. The number of thioether (sulfide) groups is 1. The van der Waals surface area contributed by atoms with Gasteiger partial charge in [0.1, 0.15) is 0 Å². The van der Waals surface area contributed by atoms with E-state index in [1.807, 2.05) is 24.3 Å². The lowest BCUT2D eigenvalue weighted by atomic mass is 10.1. The van der Waals surface area contributed by atoms with Crippen LogP contribution in [-0.2, 0) is 5.75 Å². The minimum absolute atomic E-state index is 0.173. The number of halogens is 1. The second-order valence-electron chi connectivity index (χ2n) is 6.79. The van der Waals surface area contributed by atoms with E-state index in [9.17, 15) is 24.8 Å². The Morgan fingerprint density at radius 2 is 1.91 bits per heavy atom. The van der Waals surface area contributed by atoms with E-state index in [1.165, 1.54) is 11.3 Å². The van der Waals surface area contributed by atoms with E-state index < -0.39 is 28.1 Å². The van der Waals surface area contributed by atoms with Gasteiger partial charge >= 0.3 is 5.97 Å². The number of nitro benzene ring substituents is 1. The summed E-state index contributed by atoms with van der Waals surface area (Å²) in [7, 11) is 0. The Labute approximate surface area is 200 Å². The molecule has 0 aliphatic rings. The van der Waals surface area contributed by atoms with Gasteiger partial charge < -0.3 is 10.4 Å². The lowest BCUT2D eigenvalue weighted by Gasteiger charge is -2.08. The first-order valence-corrected chi connectivity index (χ1v) is 11.6. The van der Waals surface area contributed by atoms with Gasteiger partial charge in [-0.1, -0.05) is 41.6 Å². The molecule has 1 heterocycles. The van der Waals surface area contributed by atoms with Gasteiger partial charge in [-0.3, -0.25) is 14.9 Å². The molecule has 11 heteroatoms. The van der Waals surface area contributed by atoms with Crippen molar-refractivity contribution in [3.05, 3.63) is 92.5 Å². The summed E-state index contributed by atoms with van der Waals surface area (Å²) in [6.45, 7) is 0. The summed E-state index contributed by atoms with van der Waals surface area (Å²) < 4.78 is 1.69. The van der Waals surface area contributed by atoms with Crippen LogP contribution in [0.25, 0.3) is 10.2 Å². The Bertz CT molecular complexity index is 1410. The Balaban J connectivity index is 1.52. The van der Waals surface area contributed by atoms with Gasteiger partial charge in [0.05, 0.1) is 26.3 Å². The van der Waals surface area contributed by atoms with Gasteiger partial charge in [-0.05, 0) is 35.9 Å². The maximum absolute atomic E-state index is 12.7. The first-order chi connectivity index (χ1) is 15.8. The monoisotopic (exact) mass is 499 g/mol. The van der Waals surface area contributed by atoms with Gasteiger partial charge in [0.2, 0.25) is 0 Å². The molecule has 0 radical (unpaired) electrons. The summed E-state index contributed by atoms with van der Waals surface area (Å²) in [4.78, 5) is 39.0. The van der Waals surface area contributed by atoms with Crippen molar-refractivity contribution >= 4 is 68.2 Å². The molecule has 1 amide bonds. The number of thiazole rings is 1. The predicted octanol–water partition coefficient (Wildman–Crippen LogP) is 6.10. The number of carboxylic acids is 1. The number of nitro groups is 1. The molecule has 4 aromatic rings. The molecule has 2 N–H and O–H groups in total. The van der Waals surface area contributed by atoms with Gasteiger partial charge in [0, 0.05) is 28.6 Å². The number of nitrogens with one attached hydrogen (secondary N) is 1. The zero-order chi connectivity index (χ0) is 23.5. The molecule has 0 aliphatic carbocycles. The molecule has 166 valence electrons. The first kappa shape index (κ1) is 22.7. The highest BCUT2D eigenvalue weighted by atomic mass is 35.5. The van der Waals surface area contributed by atoms with E-state index in [-0.39, 0.29) is 5.56 Å². The van der Waals surface area contributed by atoms with Crippen LogP contribution in [-0.4, -0.2) is 26.9 Å². The smallest absolute Gasteiger partial charge is 0.336 e. The van der Waals surface area contributed by atoms with Crippen LogP contribution in [0.4, 0.5) is 11.4 Å². The van der Waals surface area contributed by atoms with Gasteiger partial charge in [0.25, 0.3) is 11.6 Å². The van der Waals surface area contributed by atoms with Crippen molar-refractivity contribution in [2.75, 3.05) is 5.32 Å². The maximum Gasteiger partial charge on any atom is 0.336 e. The molecule has 1 aromatic heterocycles.